The molecular weight excluding hydrogens is 1670 g/mol. The maximum Gasteiger partial charge on any atom is 0.416 e. The standard InChI is InChI=1S/C18H13F3N2O4.C18H19N3O4.C18H16N2O4.C17H16F3N3O3.C17H16F2N2O3/c19-18(20,21)15(10-5-7-11(8-6-10)16(24)23-26)22-17(25)14-9-12-3-1-2-4-13(12)27-14;1-11(13-3-5-15(6-4-13)17(23)21-25)19-18(24)20-16-9-7-14(8-10-16)12(2)22;1-11(12-6-4-7-14(9-12)17(21)20-23)19-18(22)16-10-13-5-2-3-8-15(13)24-16;1-10(11-2-4-12(5-3-11)15(24)23-26)21-16(25)22-14-8-6-13(7-9-14)17(18,19)20;1-10(11-2-4-12(5-3-11)17(23)21-24)20-16(22)8-13-6-7-14(18)9-15(13)19/h1-9,15,26H,(H,22,25)(H,23,24);3-11,25H,1-2H3,(H,21,23)(H2,19,20,24);2-11,23H,1H3,(H,19,22)(H,20,21);2-10,26H,1H3,(H,23,24)(H2,21,22,25);2-7,9-10,24H,8H2,1H3,(H,20,22)(H,21,23)/t15-;;;;/m0..../s1. The summed E-state index contributed by atoms with van der Waals surface area (Å²) in [6, 6.07) is 56.0. The van der Waals surface area contributed by atoms with Gasteiger partial charge in [-0.1, -0.05) is 103 Å². The molecule has 0 aliphatic heterocycles. The maximum absolute atomic E-state index is 13.5. The van der Waals surface area contributed by atoms with Crippen LogP contribution >= 0.6 is 0 Å². The van der Waals surface area contributed by atoms with Gasteiger partial charge in [-0.05, 0) is 208 Å². The van der Waals surface area contributed by atoms with E-state index in [9.17, 15) is 87.9 Å². The highest BCUT2D eigenvalue weighted by atomic mass is 19.4. The van der Waals surface area contributed by atoms with Crippen molar-refractivity contribution in [1.29, 1.82) is 0 Å². The summed E-state index contributed by atoms with van der Waals surface area (Å²) >= 11 is 0. The van der Waals surface area contributed by atoms with E-state index in [0.717, 1.165) is 82.7 Å². The number of carbonyl (C=O) groups excluding carboxylic acids is 11. The lowest BCUT2D eigenvalue weighted by Gasteiger charge is -2.21. The Labute approximate surface area is 710 Å². The fraction of sp³-hybridized carbons (Fsp3) is 0.148. The van der Waals surface area contributed by atoms with Crippen molar-refractivity contribution in [2.75, 3.05) is 10.6 Å². The number of nitrogens with one attached hydrogen (secondary N) is 12. The Morgan fingerprint density at radius 1 is 0.349 bits per heavy atom. The number of hydrogen-bond donors (Lipinski definition) is 17. The summed E-state index contributed by atoms with van der Waals surface area (Å²) in [6.45, 7) is 8.52. The van der Waals surface area contributed by atoms with E-state index in [-0.39, 0.29) is 87.3 Å². The predicted molar refractivity (Wildman–Crippen MR) is 439 cm³/mol. The summed E-state index contributed by atoms with van der Waals surface area (Å²) in [7, 11) is 0. The number of rotatable bonds is 22. The summed E-state index contributed by atoms with van der Waals surface area (Å²) in [5.74, 6) is -6.65. The highest BCUT2D eigenvalue weighted by Crippen LogP contribution is 2.35. The van der Waals surface area contributed by atoms with Crippen LogP contribution in [-0.4, -0.2) is 97.3 Å². The lowest BCUT2D eigenvalue weighted by Crippen LogP contribution is -2.38. The molecule has 38 heteroatoms. The van der Waals surface area contributed by atoms with Crippen molar-refractivity contribution < 1.29 is 123 Å². The molecule has 0 saturated heterocycles. The number of ketones is 1. The first kappa shape index (κ1) is 96.0. The lowest BCUT2D eigenvalue weighted by molar-refractivity contribution is -0.155. The molecule has 12 aromatic rings. The molecule has 0 spiro atoms. The second kappa shape index (κ2) is 44.9. The monoisotopic (exact) mass is 1740 g/mol. The minimum Gasteiger partial charge on any atom is -0.451 e. The third-order valence-electron chi connectivity index (χ3n) is 18.4. The molecule has 12 amide bonds. The molecule has 0 fully saturated rings. The second-order valence-electron chi connectivity index (χ2n) is 27.3. The molecule has 4 unspecified atom stereocenters. The quantitative estimate of drug-likeness (QED) is 0.0130. The van der Waals surface area contributed by atoms with Crippen LogP contribution in [0.15, 0.2) is 258 Å². The highest BCUT2D eigenvalue weighted by Gasteiger charge is 2.42. The number of alkyl halides is 6. The summed E-state index contributed by atoms with van der Waals surface area (Å²) in [4.78, 5) is 128. The number of benzene rings is 10. The van der Waals surface area contributed by atoms with Gasteiger partial charge in [-0.3, -0.25) is 69.2 Å². The number of amides is 12. The van der Waals surface area contributed by atoms with E-state index in [4.69, 9.17) is 34.9 Å². The zero-order valence-electron chi connectivity index (χ0n) is 66.8. The van der Waals surface area contributed by atoms with Gasteiger partial charge in [0.15, 0.2) is 23.3 Å². The van der Waals surface area contributed by atoms with Gasteiger partial charge in [-0.15, -0.1) is 0 Å². The molecule has 0 bridgehead atoms. The first-order valence-electron chi connectivity index (χ1n) is 37.4. The molecule has 17 N–H and O–H groups in total. The molecule has 2 aromatic heterocycles. The van der Waals surface area contributed by atoms with Gasteiger partial charge in [-0.25, -0.2) is 45.8 Å². The molecule has 656 valence electrons. The van der Waals surface area contributed by atoms with Crippen LogP contribution < -0.4 is 64.6 Å². The second-order valence-corrected chi connectivity index (χ2v) is 27.3. The lowest BCUT2D eigenvalue weighted by atomic mass is 10.0. The Hall–Kier alpha value is -15.5. The first-order valence-corrected chi connectivity index (χ1v) is 37.4. The highest BCUT2D eigenvalue weighted by molar-refractivity contribution is 6.00. The molecular formula is C88H80F8N12O18. The zero-order valence-corrected chi connectivity index (χ0v) is 66.8. The third-order valence-corrected chi connectivity index (χ3v) is 18.4. The van der Waals surface area contributed by atoms with E-state index >= 15 is 0 Å². The van der Waals surface area contributed by atoms with Crippen LogP contribution in [0.3, 0.4) is 0 Å². The van der Waals surface area contributed by atoms with Gasteiger partial charge in [-0.2, -0.15) is 26.3 Å². The molecule has 0 saturated carbocycles. The Kier molecular flexibility index (Phi) is 34.2. The molecule has 5 atom stereocenters. The average Bonchev–Trinajstić information content (AvgIpc) is 1.55. The number of furan rings is 2. The molecule has 0 radical (unpaired) electrons. The number of halogens is 8. The van der Waals surface area contributed by atoms with Gasteiger partial charge in [0.2, 0.25) is 5.91 Å². The number of Topliss-reactive ketones (excluding diaryl/α,β-unsaturated/α-hetero) is 1. The molecule has 0 aliphatic carbocycles. The Bertz CT molecular complexity index is 5760. The van der Waals surface area contributed by atoms with Gasteiger partial charge in [0.05, 0.1) is 36.2 Å². The number of fused-ring (bicyclic) bond motifs is 2. The van der Waals surface area contributed by atoms with Crippen molar-refractivity contribution in [1.82, 2.24) is 54.0 Å². The Morgan fingerprint density at radius 3 is 1.10 bits per heavy atom. The van der Waals surface area contributed by atoms with Crippen molar-refractivity contribution in [3.05, 3.63) is 344 Å². The average molecular weight is 1750 g/mol. The van der Waals surface area contributed by atoms with Crippen LogP contribution in [0, 0.1) is 11.6 Å². The number of hydroxylamine groups is 5. The van der Waals surface area contributed by atoms with Crippen molar-refractivity contribution in [3.8, 4) is 0 Å². The van der Waals surface area contributed by atoms with E-state index in [2.05, 4.69) is 31.9 Å². The van der Waals surface area contributed by atoms with Crippen molar-refractivity contribution >= 4 is 98.4 Å². The SMILES string of the molecule is CC(=O)c1ccc(NC(=O)NC(C)c2ccc(C(=O)NO)cc2)cc1.CC(NC(=O)Cc1ccc(F)cc1F)c1ccc(C(=O)NO)cc1.CC(NC(=O)Nc1ccc(C(F)(F)F)cc1)c1ccc(C(=O)NO)cc1.CC(NC(=O)c1cc2ccccc2o1)c1cccc(C(=O)NO)c1.O=C(NO)c1ccc([C@H](NC(=O)c2cc3ccccc3o2)C(F)(F)F)cc1. The fourth-order valence-corrected chi connectivity index (χ4v) is 11.6. The predicted octanol–water partition coefficient (Wildman–Crippen LogP) is 15.7. The number of carbonyl (C=O) groups is 11. The van der Waals surface area contributed by atoms with Crippen molar-refractivity contribution in [3.63, 3.8) is 0 Å². The van der Waals surface area contributed by atoms with Crippen molar-refractivity contribution in [2.45, 2.75) is 83.6 Å². The third kappa shape index (κ3) is 28.0. The minimum atomic E-state index is -4.78. The summed E-state index contributed by atoms with van der Waals surface area (Å²) in [5, 5.41) is 62.4. The summed E-state index contributed by atoms with van der Waals surface area (Å²) < 4.78 is 115. The topological polar surface area (TPSA) is 460 Å². The Balaban J connectivity index is 0.000000195. The molecule has 30 nitrogen and oxygen atoms in total. The van der Waals surface area contributed by atoms with Gasteiger partial charge in [0.1, 0.15) is 22.8 Å². The minimum absolute atomic E-state index is 0.0363. The van der Waals surface area contributed by atoms with Crippen LogP contribution in [0.25, 0.3) is 21.9 Å². The molecule has 126 heavy (non-hydrogen) atoms. The van der Waals surface area contributed by atoms with Crippen LogP contribution in [0.4, 0.5) is 56.1 Å². The fourth-order valence-electron chi connectivity index (χ4n) is 11.6. The molecule has 0 aliphatic rings. The van der Waals surface area contributed by atoms with E-state index in [1.54, 1.807) is 172 Å². The van der Waals surface area contributed by atoms with Crippen LogP contribution in [0.5, 0.6) is 0 Å². The molecule has 12 rings (SSSR count). The van der Waals surface area contributed by atoms with E-state index < -0.39 is 89.0 Å². The molecule has 10 aromatic carbocycles. The molecule has 2 heterocycles. The number of hydrogen-bond acceptors (Lipinski definition) is 18. The van der Waals surface area contributed by atoms with Gasteiger partial charge >= 0.3 is 24.4 Å². The van der Waals surface area contributed by atoms with Crippen LogP contribution in [0.1, 0.15) is 187 Å². The summed E-state index contributed by atoms with van der Waals surface area (Å²) in [5.41, 5.74) is 13.1. The normalized spacial score (nSPS) is 12.0. The van der Waals surface area contributed by atoms with E-state index in [0.29, 0.717) is 44.5 Å². The first-order chi connectivity index (χ1) is 59.9. The Morgan fingerprint density at radius 2 is 0.714 bits per heavy atom. The van der Waals surface area contributed by atoms with Crippen molar-refractivity contribution in [2.24, 2.45) is 0 Å². The smallest absolute Gasteiger partial charge is 0.416 e. The number of para-hydroxylation sites is 2. The zero-order chi connectivity index (χ0) is 92.1. The van der Waals surface area contributed by atoms with Gasteiger partial charge < -0.3 is 46.1 Å². The van der Waals surface area contributed by atoms with Crippen LogP contribution in [-0.2, 0) is 17.4 Å². The van der Waals surface area contributed by atoms with Gasteiger partial charge in [0, 0.05) is 61.6 Å². The van der Waals surface area contributed by atoms with Gasteiger partial charge in [0.25, 0.3) is 41.4 Å². The van der Waals surface area contributed by atoms with E-state index in [1.165, 1.54) is 59.8 Å². The largest absolute Gasteiger partial charge is 0.451 e. The maximum atomic E-state index is 13.5. The summed E-state index contributed by atoms with van der Waals surface area (Å²) in [6.07, 6.45) is -9.42. The van der Waals surface area contributed by atoms with E-state index in [1.807, 2.05) is 23.5 Å². The number of urea groups is 2. The van der Waals surface area contributed by atoms with Crippen LogP contribution in [0.2, 0.25) is 0 Å². The number of anilines is 2.